The van der Waals surface area contributed by atoms with Gasteiger partial charge < -0.3 is 4.57 Å². The first-order valence-electron chi connectivity index (χ1n) is 25.2. The van der Waals surface area contributed by atoms with Crippen molar-refractivity contribution in [2.45, 2.75) is 105 Å². The minimum atomic E-state index is -0.0609. The van der Waals surface area contributed by atoms with E-state index in [0.717, 1.165) is 55.3 Å². The molecule has 10 rings (SSSR count). The Bertz CT molecular complexity index is 3620. The van der Waals surface area contributed by atoms with Crippen LogP contribution in [0, 0.1) is 11.3 Å². The Kier molecular flexibility index (Phi) is 12.1. The molecule has 0 bridgehead atoms. The summed E-state index contributed by atoms with van der Waals surface area (Å²) in [6.07, 6.45) is 0. The van der Waals surface area contributed by atoms with Crippen LogP contribution >= 0.6 is 0 Å². The first-order chi connectivity index (χ1) is 34.6. The van der Waals surface area contributed by atoms with Crippen LogP contribution in [0.3, 0.4) is 0 Å². The molecule has 0 unspecified atom stereocenters. The number of aromatic nitrogens is 7. The second-order valence-electron chi connectivity index (χ2n) is 23.4. The highest BCUT2D eigenvalue weighted by molar-refractivity contribution is 6.11. The molecule has 0 spiro atoms. The topological polar surface area (TPSA) is 106 Å². The zero-order valence-electron chi connectivity index (χ0n) is 44.1. The van der Waals surface area contributed by atoms with Gasteiger partial charge in [0.2, 0.25) is 0 Å². The summed E-state index contributed by atoms with van der Waals surface area (Å²) < 4.78 is 2.25. The van der Waals surface area contributed by atoms with E-state index in [1.807, 2.05) is 18.2 Å². The smallest absolute Gasteiger partial charge is 0.166 e. The van der Waals surface area contributed by atoms with Gasteiger partial charge in [0.15, 0.2) is 34.9 Å². The Morgan fingerprint density at radius 1 is 0.342 bits per heavy atom. The maximum absolute atomic E-state index is 10.4. The first-order valence-corrected chi connectivity index (χ1v) is 25.2. The molecule has 0 saturated carbocycles. The molecule has 3 heterocycles. The quantitative estimate of drug-likeness (QED) is 0.157. The summed E-state index contributed by atoms with van der Waals surface area (Å²) in [5.41, 5.74) is 13.1. The van der Waals surface area contributed by atoms with E-state index in [9.17, 15) is 5.26 Å². The van der Waals surface area contributed by atoms with Crippen molar-refractivity contribution in [2.24, 2.45) is 0 Å². The predicted octanol–water partition coefficient (Wildman–Crippen LogP) is 16.2. The maximum Gasteiger partial charge on any atom is 0.166 e. The number of hydrogen-bond donors (Lipinski definition) is 0. The summed E-state index contributed by atoms with van der Waals surface area (Å²) in [5, 5.41) is 12.5. The van der Waals surface area contributed by atoms with E-state index in [1.165, 1.54) is 22.3 Å². The minimum absolute atomic E-state index is 0.0209. The molecule has 0 aliphatic heterocycles. The predicted molar refractivity (Wildman–Crippen MR) is 300 cm³/mol. The normalized spacial score (nSPS) is 12.4. The lowest BCUT2D eigenvalue weighted by molar-refractivity contribution is 0.590. The van der Waals surface area contributed by atoms with Crippen LogP contribution in [0.2, 0.25) is 0 Å². The van der Waals surface area contributed by atoms with Crippen molar-refractivity contribution in [3.8, 4) is 80.1 Å². The van der Waals surface area contributed by atoms with Crippen LogP contribution in [0.5, 0.6) is 0 Å². The second-order valence-corrected chi connectivity index (χ2v) is 23.4. The zero-order valence-corrected chi connectivity index (χ0v) is 44.1. The van der Waals surface area contributed by atoms with Crippen molar-refractivity contribution in [1.29, 1.82) is 5.26 Å². The largest absolute Gasteiger partial charge is 0.308 e. The molecule has 0 radical (unpaired) electrons. The summed E-state index contributed by atoms with van der Waals surface area (Å²) in [5.74, 6) is 3.37. The fraction of sp³-hybridized carbons (Fsp3) is 0.246. The molecule has 362 valence electrons. The lowest BCUT2D eigenvalue weighted by Crippen LogP contribution is -2.11. The lowest BCUT2D eigenvalue weighted by Gasteiger charge is -2.20. The van der Waals surface area contributed by atoms with Crippen LogP contribution in [0.25, 0.3) is 95.8 Å². The SMILES string of the molecule is CC(C)(C)c1ccc(-c2nc(-c3ccc(C(C)(C)C)cc3)nc(-c3cc(C#N)ccc3-n3c4ccccc4c4cc(-c5nc(-c6cccc(C(C)(C)C)c6)nc(-c6cccc(C(C)(C)C)c6)n5)ccc43)n2)cc1. The van der Waals surface area contributed by atoms with Crippen LogP contribution in [0.1, 0.15) is 111 Å². The van der Waals surface area contributed by atoms with E-state index < -0.39 is 0 Å². The Morgan fingerprint density at radius 2 is 0.753 bits per heavy atom. The number of benzene rings is 7. The summed E-state index contributed by atoms with van der Waals surface area (Å²) in [4.78, 5) is 31.3. The zero-order chi connectivity index (χ0) is 51.6. The number of nitriles is 1. The van der Waals surface area contributed by atoms with Crippen LogP contribution < -0.4 is 0 Å². The van der Waals surface area contributed by atoms with Crippen molar-refractivity contribution in [1.82, 2.24) is 34.5 Å². The highest BCUT2D eigenvalue weighted by Gasteiger charge is 2.24. The number of nitrogens with zero attached hydrogens (tertiary/aromatic N) is 8. The van der Waals surface area contributed by atoms with Gasteiger partial charge in [0.25, 0.3) is 0 Å². The standard InChI is InChI=1S/C65H62N8/c1-62(2,3)46-29-24-41(25-30-46)56-67-57(42-26-31-47(32-27-42)63(4,5)6)72-61(71-56)52-35-40(39-66)23-33-55(52)73-53-22-14-13-21-50(53)51-38-45(28-34-54(51)73)60-69-58(43-17-15-19-48(36-43)64(7,8)9)68-59(70-60)44-18-16-20-49(37-44)65(10,11)12/h13-38H,1-12H3. The summed E-state index contributed by atoms with van der Waals surface area (Å²) >= 11 is 0. The highest BCUT2D eigenvalue weighted by atomic mass is 15.1. The van der Waals surface area contributed by atoms with Crippen molar-refractivity contribution in [3.63, 3.8) is 0 Å². The highest BCUT2D eigenvalue weighted by Crippen LogP contribution is 2.40. The third-order valence-corrected chi connectivity index (χ3v) is 13.8. The van der Waals surface area contributed by atoms with Crippen LogP contribution in [-0.4, -0.2) is 34.5 Å². The van der Waals surface area contributed by atoms with Gasteiger partial charge in [-0.3, -0.25) is 0 Å². The van der Waals surface area contributed by atoms with Gasteiger partial charge >= 0.3 is 0 Å². The molecule has 10 aromatic rings. The Labute approximate surface area is 430 Å². The van der Waals surface area contributed by atoms with Gasteiger partial charge in [0, 0.05) is 44.2 Å². The second kappa shape index (κ2) is 18.2. The summed E-state index contributed by atoms with van der Waals surface area (Å²) in [6, 6.07) is 57.1. The number of hydrogen-bond acceptors (Lipinski definition) is 7. The molecule has 0 N–H and O–H groups in total. The van der Waals surface area contributed by atoms with Gasteiger partial charge in [-0.15, -0.1) is 0 Å². The van der Waals surface area contributed by atoms with Gasteiger partial charge in [-0.25, -0.2) is 29.9 Å². The molecular formula is C65H62N8. The van der Waals surface area contributed by atoms with E-state index >= 15 is 0 Å². The first kappa shape index (κ1) is 48.5. The van der Waals surface area contributed by atoms with Crippen LogP contribution in [0.4, 0.5) is 0 Å². The van der Waals surface area contributed by atoms with Gasteiger partial charge in [0.1, 0.15) is 0 Å². The summed E-state index contributed by atoms with van der Waals surface area (Å²) in [7, 11) is 0. The average Bonchev–Trinajstić information content (AvgIpc) is 3.71. The van der Waals surface area contributed by atoms with E-state index in [4.69, 9.17) is 29.9 Å². The molecule has 3 aromatic heterocycles. The van der Waals surface area contributed by atoms with E-state index in [1.54, 1.807) is 0 Å². The Hall–Kier alpha value is -8.15. The van der Waals surface area contributed by atoms with Gasteiger partial charge in [-0.1, -0.05) is 186 Å². The summed E-state index contributed by atoms with van der Waals surface area (Å²) in [6.45, 7) is 26.6. The monoisotopic (exact) mass is 955 g/mol. The van der Waals surface area contributed by atoms with Gasteiger partial charge in [-0.2, -0.15) is 5.26 Å². The third-order valence-electron chi connectivity index (χ3n) is 13.8. The molecular weight excluding hydrogens is 893 g/mol. The van der Waals surface area contributed by atoms with E-state index in [0.29, 0.717) is 46.1 Å². The fourth-order valence-corrected chi connectivity index (χ4v) is 9.36. The third kappa shape index (κ3) is 9.68. The molecule has 7 aromatic carbocycles. The van der Waals surface area contributed by atoms with Crippen LogP contribution in [-0.2, 0) is 21.7 Å². The molecule has 73 heavy (non-hydrogen) atoms. The number of rotatable bonds is 7. The van der Waals surface area contributed by atoms with Crippen molar-refractivity contribution < 1.29 is 0 Å². The lowest BCUT2D eigenvalue weighted by atomic mass is 9.86. The van der Waals surface area contributed by atoms with Crippen molar-refractivity contribution >= 4 is 21.8 Å². The fourth-order valence-electron chi connectivity index (χ4n) is 9.36. The average molecular weight is 955 g/mol. The molecule has 8 heteroatoms. The molecule has 8 nitrogen and oxygen atoms in total. The van der Waals surface area contributed by atoms with Crippen molar-refractivity contribution in [3.05, 3.63) is 186 Å². The Morgan fingerprint density at radius 3 is 1.22 bits per heavy atom. The molecule has 0 atom stereocenters. The maximum atomic E-state index is 10.4. The van der Waals surface area contributed by atoms with Crippen molar-refractivity contribution in [2.75, 3.05) is 0 Å². The number of para-hydroxylation sites is 1. The van der Waals surface area contributed by atoms with Crippen LogP contribution in [0.15, 0.2) is 158 Å². The Balaban J connectivity index is 1.17. The molecule has 0 amide bonds. The van der Waals surface area contributed by atoms with Gasteiger partial charge in [-0.05, 0) is 98.5 Å². The molecule has 0 saturated heterocycles. The van der Waals surface area contributed by atoms with E-state index in [-0.39, 0.29) is 21.7 Å². The molecule has 0 fully saturated rings. The minimum Gasteiger partial charge on any atom is -0.308 e. The molecule has 0 aliphatic rings. The molecule has 0 aliphatic carbocycles. The van der Waals surface area contributed by atoms with E-state index in [2.05, 4.69) is 233 Å². The van der Waals surface area contributed by atoms with Gasteiger partial charge in [0.05, 0.1) is 28.4 Å². The number of fused-ring (bicyclic) bond motifs is 3.